The van der Waals surface area contributed by atoms with Crippen LogP contribution < -0.4 is 10.9 Å². The number of carbonyl (C=O) groups is 2. The zero-order valence-corrected chi connectivity index (χ0v) is 11.2. The van der Waals surface area contributed by atoms with Crippen LogP contribution in [-0.2, 0) is 20.9 Å². The summed E-state index contributed by atoms with van der Waals surface area (Å²) >= 11 is 0. The topological polar surface area (TPSA) is 103 Å². The number of furan rings is 1. The summed E-state index contributed by atoms with van der Waals surface area (Å²) in [6, 6.07) is 6.17. The monoisotopic (exact) mass is 291 g/mol. The third-order valence-corrected chi connectivity index (χ3v) is 2.59. The first-order valence-corrected chi connectivity index (χ1v) is 6.05. The molecule has 8 heteroatoms. The highest BCUT2D eigenvalue weighted by Crippen LogP contribution is 2.14. The molecule has 110 valence electrons. The molecule has 0 aromatic carbocycles. The number of methoxy groups -OCH3 is 1. The Labute approximate surface area is 119 Å². The number of amides is 1. The zero-order chi connectivity index (χ0) is 15.2. The number of nitrogens with zero attached hydrogens (tertiary/aromatic N) is 2. The van der Waals surface area contributed by atoms with Crippen molar-refractivity contribution >= 4 is 11.9 Å². The molecule has 2 rings (SSSR count). The Morgan fingerprint density at radius 2 is 2.19 bits per heavy atom. The molecule has 0 bridgehead atoms. The molecule has 0 aliphatic carbocycles. The Morgan fingerprint density at radius 1 is 1.38 bits per heavy atom. The van der Waals surface area contributed by atoms with Gasteiger partial charge in [-0.1, -0.05) is 0 Å². The lowest BCUT2D eigenvalue weighted by molar-refractivity contribution is -0.141. The lowest BCUT2D eigenvalue weighted by Crippen LogP contribution is -2.36. The molecule has 2 heterocycles. The van der Waals surface area contributed by atoms with E-state index in [0.717, 1.165) is 4.68 Å². The number of aromatic nitrogens is 2. The molecule has 0 fully saturated rings. The first-order chi connectivity index (χ1) is 10.1. The van der Waals surface area contributed by atoms with Crippen molar-refractivity contribution in [2.24, 2.45) is 0 Å². The van der Waals surface area contributed by atoms with E-state index in [1.807, 2.05) is 0 Å². The first kappa shape index (κ1) is 14.5. The molecule has 2 aromatic heterocycles. The van der Waals surface area contributed by atoms with Gasteiger partial charge < -0.3 is 14.5 Å². The molecule has 8 nitrogen and oxygen atoms in total. The Morgan fingerprint density at radius 3 is 2.86 bits per heavy atom. The number of hydrogen-bond donors (Lipinski definition) is 1. The quantitative estimate of drug-likeness (QED) is 0.765. The van der Waals surface area contributed by atoms with E-state index in [-0.39, 0.29) is 13.1 Å². The molecular formula is C13H13N3O5. The predicted octanol–water partition coefficient (Wildman–Crippen LogP) is -0.208. The van der Waals surface area contributed by atoms with Crippen LogP contribution in [-0.4, -0.2) is 35.3 Å². The molecule has 0 spiro atoms. The molecular weight excluding hydrogens is 278 g/mol. The maximum absolute atomic E-state index is 11.7. The van der Waals surface area contributed by atoms with E-state index < -0.39 is 17.4 Å². The number of rotatable bonds is 5. The average molecular weight is 291 g/mol. The van der Waals surface area contributed by atoms with Crippen LogP contribution in [0.4, 0.5) is 0 Å². The van der Waals surface area contributed by atoms with E-state index >= 15 is 0 Å². The molecule has 0 aliphatic rings. The van der Waals surface area contributed by atoms with Crippen LogP contribution in [0.1, 0.15) is 0 Å². The van der Waals surface area contributed by atoms with E-state index in [2.05, 4.69) is 15.2 Å². The van der Waals surface area contributed by atoms with Gasteiger partial charge in [-0.2, -0.15) is 5.10 Å². The van der Waals surface area contributed by atoms with Gasteiger partial charge in [-0.25, -0.2) is 4.68 Å². The fraction of sp³-hybridized carbons (Fsp3) is 0.231. The highest BCUT2D eigenvalue weighted by atomic mass is 16.5. The van der Waals surface area contributed by atoms with Gasteiger partial charge in [-0.3, -0.25) is 14.4 Å². The fourth-order valence-electron chi connectivity index (χ4n) is 1.55. The van der Waals surface area contributed by atoms with Gasteiger partial charge in [-0.15, -0.1) is 0 Å². The van der Waals surface area contributed by atoms with E-state index in [0.29, 0.717) is 11.5 Å². The van der Waals surface area contributed by atoms with Gasteiger partial charge in [0.25, 0.3) is 5.56 Å². The molecule has 21 heavy (non-hydrogen) atoms. The van der Waals surface area contributed by atoms with Gasteiger partial charge in [0.1, 0.15) is 18.8 Å². The first-order valence-electron chi connectivity index (χ1n) is 6.05. The highest BCUT2D eigenvalue weighted by Gasteiger charge is 2.10. The largest absolute Gasteiger partial charge is 0.468 e. The Hall–Kier alpha value is -2.90. The Balaban J connectivity index is 2.09. The van der Waals surface area contributed by atoms with Crippen LogP contribution in [0.15, 0.2) is 39.7 Å². The summed E-state index contributed by atoms with van der Waals surface area (Å²) in [5.41, 5.74) is -0.00103. The van der Waals surface area contributed by atoms with Crippen LogP contribution >= 0.6 is 0 Å². The van der Waals surface area contributed by atoms with E-state index in [9.17, 15) is 14.4 Å². The van der Waals surface area contributed by atoms with Crippen molar-refractivity contribution in [3.63, 3.8) is 0 Å². The van der Waals surface area contributed by atoms with Gasteiger partial charge in [0.2, 0.25) is 5.91 Å². The predicted molar refractivity (Wildman–Crippen MR) is 71.2 cm³/mol. The minimum atomic E-state index is -0.576. The van der Waals surface area contributed by atoms with Crippen molar-refractivity contribution in [3.8, 4) is 11.5 Å². The van der Waals surface area contributed by atoms with Crippen molar-refractivity contribution in [1.29, 1.82) is 0 Å². The summed E-state index contributed by atoms with van der Waals surface area (Å²) < 4.78 is 10.6. The maximum Gasteiger partial charge on any atom is 0.325 e. The molecule has 2 aromatic rings. The number of carbonyl (C=O) groups excluding carboxylic acids is 2. The second-order valence-electron chi connectivity index (χ2n) is 4.04. The second-order valence-corrected chi connectivity index (χ2v) is 4.04. The molecule has 1 N–H and O–H groups in total. The molecule has 0 aliphatic heterocycles. The standard InChI is InChI=1S/C13H13N3O5/c1-20-13(19)7-14-11(17)8-16-12(18)5-4-9(15-16)10-3-2-6-21-10/h2-6H,7-8H2,1H3,(H,14,17). The third kappa shape index (κ3) is 3.78. The molecule has 0 saturated carbocycles. The van der Waals surface area contributed by atoms with Crippen molar-refractivity contribution in [1.82, 2.24) is 15.1 Å². The average Bonchev–Trinajstić information content (AvgIpc) is 3.01. The third-order valence-electron chi connectivity index (χ3n) is 2.59. The minimum Gasteiger partial charge on any atom is -0.468 e. The van der Waals surface area contributed by atoms with Crippen molar-refractivity contribution < 1.29 is 18.7 Å². The van der Waals surface area contributed by atoms with Gasteiger partial charge in [0.15, 0.2) is 5.76 Å². The summed E-state index contributed by atoms with van der Waals surface area (Å²) in [6.07, 6.45) is 1.48. The van der Waals surface area contributed by atoms with E-state index in [1.165, 1.54) is 25.5 Å². The van der Waals surface area contributed by atoms with Gasteiger partial charge in [-0.05, 0) is 18.2 Å². The van der Waals surface area contributed by atoms with Gasteiger partial charge in [0.05, 0.1) is 13.4 Å². The Bertz CT molecular complexity index is 690. The SMILES string of the molecule is COC(=O)CNC(=O)Cn1nc(-c2ccco2)ccc1=O. The molecule has 0 atom stereocenters. The summed E-state index contributed by atoms with van der Waals surface area (Å²) in [5.74, 6) is -0.613. The zero-order valence-electron chi connectivity index (χ0n) is 11.2. The lowest BCUT2D eigenvalue weighted by atomic mass is 10.3. The van der Waals surface area contributed by atoms with Crippen LogP contribution in [0, 0.1) is 0 Å². The van der Waals surface area contributed by atoms with Gasteiger partial charge in [0, 0.05) is 6.07 Å². The van der Waals surface area contributed by atoms with Gasteiger partial charge >= 0.3 is 5.97 Å². The summed E-state index contributed by atoms with van der Waals surface area (Å²) in [6.45, 7) is -0.563. The normalized spacial score (nSPS) is 10.1. The minimum absolute atomic E-state index is 0.262. The summed E-state index contributed by atoms with van der Waals surface area (Å²) in [5, 5.41) is 6.36. The smallest absolute Gasteiger partial charge is 0.325 e. The van der Waals surface area contributed by atoms with Crippen LogP contribution in [0.3, 0.4) is 0 Å². The van der Waals surface area contributed by atoms with Crippen LogP contribution in [0.5, 0.6) is 0 Å². The second kappa shape index (κ2) is 6.51. The van der Waals surface area contributed by atoms with Crippen molar-refractivity contribution in [2.45, 2.75) is 6.54 Å². The number of nitrogens with one attached hydrogen (secondary N) is 1. The summed E-state index contributed by atoms with van der Waals surface area (Å²) in [7, 11) is 1.22. The highest BCUT2D eigenvalue weighted by molar-refractivity contribution is 5.81. The van der Waals surface area contributed by atoms with E-state index in [4.69, 9.17) is 4.42 Å². The lowest BCUT2D eigenvalue weighted by Gasteiger charge is -2.06. The maximum atomic E-state index is 11.7. The number of ether oxygens (including phenoxy) is 1. The molecule has 1 amide bonds. The molecule has 0 radical (unpaired) electrons. The number of esters is 1. The number of hydrogen-bond acceptors (Lipinski definition) is 6. The van der Waals surface area contributed by atoms with Crippen LogP contribution in [0.25, 0.3) is 11.5 Å². The van der Waals surface area contributed by atoms with E-state index in [1.54, 1.807) is 12.1 Å². The van der Waals surface area contributed by atoms with Crippen molar-refractivity contribution in [2.75, 3.05) is 13.7 Å². The molecule has 0 saturated heterocycles. The fourth-order valence-corrected chi connectivity index (χ4v) is 1.55. The Kier molecular flexibility index (Phi) is 4.50. The molecule has 0 unspecified atom stereocenters. The van der Waals surface area contributed by atoms with Crippen molar-refractivity contribution in [3.05, 3.63) is 40.9 Å². The summed E-state index contributed by atoms with van der Waals surface area (Å²) in [4.78, 5) is 34.2. The van der Waals surface area contributed by atoms with Crippen LogP contribution in [0.2, 0.25) is 0 Å².